The molecule has 3 aliphatic rings. The molecular formula is C31H39N3O6. The molecule has 0 saturated carbocycles. The van der Waals surface area contributed by atoms with Crippen molar-refractivity contribution in [1.82, 2.24) is 9.80 Å². The molecule has 2 saturated heterocycles. The molecule has 2 N–H and O–H groups in total. The summed E-state index contributed by atoms with van der Waals surface area (Å²) in [6, 6.07) is 13.7. The quantitative estimate of drug-likeness (QED) is 0.450. The lowest BCUT2D eigenvalue weighted by Gasteiger charge is -2.32. The van der Waals surface area contributed by atoms with Gasteiger partial charge in [0.15, 0.2) is 0 Å². The molecule has 2 aromatic carbocycles. The first-order valence-electron chi connectivity index (χ1n) is 14.0. The SMILES string of the molecule is C[C@H](c1ccc(COc2cccc3c2CN([C@@H](CCC(=O)OC(C)(C)C)C(N)=O)C3=O)cc1)N1CC2CC1CO2. The van der Waals surface area contributed by atoms with Crippen LogP contribution in [0.2, 0.25) is 0 Å². The number of nitrogens with zero attached hydrogens (tertiary/aromatic N) is 2. The maximum atomic E-state index is 13.2. The van der Waals surface area contributed by atoms with Gasteiger partial charge in [-0.15, -0.1) is 0 Å². The van der Waals surface area contributed by atoms with E-state index in [4.69, 9.17) is 19.9 Å². The number of esters is 1. The number of ether oxygens (including phenoxy) is 3. The Kier molecular flexibility index (Phi) is 7.88. The Balaban J connectivity index is 1.21. The van der Waals surface area contributed by atoms with Gasteiger partial charge in [0.05, 0.1) is 19.3 Å². The Labute approximate surface area is 235 Å². The standard InChI is InChI=1S/C31H39N3O6/c1-19(33-15-23-14-22(33)18-38-23)21-10-8-20(9-11-21)17-39-27-7-5-6-24-25(27)16-34(30(24)37)26(29(32)36)12-13-28(35)40-31(2,3)4/h5-11,19,22-23,26H,12-18H2,1-4H3,(H2,32,36)/t19-,22?,23?,26+/m1/s1. The lowest BCUT2D eigenvalue weighted by molar-refractivity contribution is -0.155. The van der Waals surface area contributed by atoms with Crippen molar-refractivity contribution < 1.29 is 28.6 Å². The summed E-state index contributed by atoms with van der Waals surface area (Å²) in [5.74, 6) is -0.799. The average Bonchev–Trinajstić information content (AvgIpc) is 3.62. The van der Waals surface area contributed by atoms with E-state index in [1.165, 1.54) is 10.5 Å². The fourth-order valence-electron chi connectivity index (χ4n) is 5.96. The maximum absolute atomic E-state index is 13.2. The first-order chi connectivity index (χ1) is 19.0. The van der Waals surface area contributed by atoms with Crippen molar-refractivity contribution in [3.05, 3.63) is 64.7 Å². The van der Waals surface area contributed by atoms with E-state index in [0.717, 1.165) is 25.1 Å². The molecule has 2 amide bonds. The summed E-state index contributed by atoms with van der Waals surface area (Å²) in [6.07, 6.45) is 1.58. The Bertz CT molecular complexity index is 1270. The lowest BCUT2D eigenvalue weighted by atomic mass is 10.0. The van der Waals surface area contributed by atoms with Gasteiger partial charge in [0.25, 0.3) is 5.91 Å². The fourth-order valence-corrected chi connectivity index (χ4v) is 5.96. The predicted octanol–water partition coefficient (Wildman–Crippen LogP) is 3.73. The second-order valence-electron chi connectivity index (χ2n) is 12.0. The molecule has 3 aliphatic heterocycles. The number of carbonyl (C=O) groups is 3. The van der Waals surface area contributed by atoms with Crippen LogP contribution in [0.1, 0.15) is 80.0 Å². The van der Waals surface area contributed by atoms with E-state index in [1.807, 2.05) is 6.07 Å². The van der Waals surface area contributed by atoms with Gasteiger partial charge in [-0.2, -0.15) is 0 Å². The highest BCUT2D eigenvalue weighted by Gasteiger charge is 2.41. The van der Waals surface area contributed by atoms with Gasteiger partial charge in [0.2, 0.25) is 5.91 Å². The highest BCUT2D eigenvalue weighted by atomic mass is 16.6. The van der Waals surface area contributed by atoms with Crippen LogP contribution in [0.3, 0.4) is 0 Å². The zero-order valence-corrected chi connectivity index (χ0v) is 23.7. The summed E-state index contributed by atoms with van der Waals surface area (Å²) >= 11 is 0. The van der Waals surface area contributed by atoms with Crippen LogP contribution in [-0.2, 0) is 32.2 Å². The second kappa shape index (κ2) is 11.2. The molecule has 0 aromatic heterocycles. The van der Waals surface area contributed by atoms with Crippen LogP contribution < -0.4 is 10.5 Å². The molecule has 9 nitrogen and oxygen atoms in total. The second-order valence-corrected chi connectivity index (χ2v) is 12.0. The van der Waals surface area contributed by atoms with E-state index in [0.29, 0.717) is 41.7 Å². The maximum Gasteiger partial charge on any atom is 0.306 e. The molecule has 3 heterocycles. The molecule has 40 heavy (non-hydrogen) atoms. The van der Waals surface area contributed by atoms with Crippen LogP contribution in [0.5, 0.6) is 5.75 Å². The first kappa shape index (κ1) is 28.1. The van der Waals surface area contributed by atoms with Crippen molar-refractivity contribution in [3.8, 4) is 5.75 Å². The zero-order valence-electron chi connectivity index (χ0n) is 23.7. The Hall–Kier alpha value is -3.43. The number of nitrogens with two attached hydrogens (primary N) is 1. The summed E-state index contributed by atoms with van der Waals surface area (Å²) in [5.41, 5.74) is 8.52. The van der Waals surface area contributed by atoms with Gasteiger partial charge in [0.1, 0.15) is 24.0 Å². The van der Waals surface area contributed by atoms with Crippen LogP contribution in [0, 0.1) is 0 Å². The van der Waals surface area contributed by atoms with E-state index in [-0.39, 0.29) is 25.3 Å². The number of fused-ring (bicyclic) bond motifs is 3. The number of benzene rings is 2. The number of amides is 2. The van der Waals surface area contributed by atoms with E-state index in [1.54, 1.807) is 32.9 Å². The minimum Gasteiger partial charge on any atom is -0.489 e. The summed E-state index contributed by atoms with van der Waals surface area (Å²) in [6.45, 7) is 9.93. The minimum absolute atomic E-state index is 0.0181. The Morgan fingerprint density at radius 2 is 1.90 bits per heavy atom. The molecule has 0 spiro atoms. The van der Waals surface area contributed by atoms with E-state index >= 15 is 0 Å². The molecule has 2 aromatic rings. The highest BCUT2D eigenvalue weighted by molar-refractivity contribution is 6.01. The van der Waals surface area contributed by atoms with Crippen molar-refractivity contribution in [2.75, 3.05) is 13.2 Å². The van der Waals surface area contributed by atoms with Gasteiger partial charge in [0, 0.05) is 36.2 Å². The number of rotatable bonds is 10. The molecule has 9 heteroatoms. The number of likely N-dealkylation sites (tertiary alicyclic amines) is 1. The van der Waals surface area contributed by atoms with Gasteiger partial charge in [-0.1, -0.05) is 30.3 Å². The van der Waals surface area contributed by atoms with Gasteiger partial charge >= 0.3 is 5.97 Å². The number of primary amides is 1. The van der Waals surface area contributed by atoms with Gasteiger partial charge < -0.3 is 24.8 Å². The van der Waals surface area contributed by atoms with Crippen LogP contribution in [-0.4, -0.2) is 64.5 Å². The third-order valence-electron chi connectivity index (χ3n) is 8.00. The molecule has 2 fully saturated rings. The van der Waals surface area contributed by atoms with Crippen molar-refractivity contribution in [1.29, 1.82) is 0 Å². The highest BCUT2D eigenvalue weighted by Crippen LogP contribution is 2.36. The predicted molar refractivity (Wildman–Crippen MR) is 148 cm³/mol. The molecule has 0 radical (unpaired) electrons. The van der Waals surface area contributed by atoms with E-state index in [2.05, 4.69) is 36.1 Å². The third-order valence-corrected chi connectivity index (χ3v) is 8.00. The van der Waals surface area contributed by atoms with Gasteiger partial charge in [-0.3, -0.25) is 19.3 Å². The van der Waals surface area contributed by atoms with Crippen molar-refractivity contribution in [3.63, 3.8) is 0 Å². The van der Waals surface area contributed by atoms with E-state index in [9.17, 15) is 14.4 Å². The lowest BCUT2D eigenvalue weighted by Crippen LogP contribution is -2.45. The van der Waals surface area contributed by atoms with Crippen LogP contribution >= 0.6 is 0 Å². The van der Waals surface area contributed by atoms with Crippen LogP contribution in [0.25, 0.3) is 0 Å². The molecular weight excluding hydrogens is 510 g/mol. The average molecular weight is 550 g/mol. The van der Waals surface area contributed by atoms with Crippen molar-refractivity contribution in [2.45, 2.75) is 89.9 Å². The zero-order chi connectivity index (χ0) is 28.6. The Morgan fingerprint density at radius 1 is 1.15 bits per heavy atom. The van der Waals surface area contributed by atoms with Crippen molar-refractivity contribution in [2.24, 2.45) is 5.73 Å². The minimum atomic E-state index is -0.924. The largest absolute Gasteiger partial charge is 0.489 e. The van der Waals surface area contributed by atoms with Crippen LogP contribution in [0.4, 0.5) is 0 Å². The number of hydrogen-bond acceptors (Lipinski definition) is 7. The molecule has 2 bridgehead atoms. The van der Waals surface area contributed by atoms with Crippen LogP contribution in [0.15, 0.2) is 42.5 Å². The smallest absolute Gasteiger partial charge is 0.306 e. The number of carbonyl (C=O) groups excluding carboxylic acids is 3. The molecule has 4 atom stereocenters. The topological polar surface area (TPSA) is 111 Å². The summed E-state index contributed by atoms with van der Waals surface area (Å²) in [5, 5.41) is 0. The fraction of sp³-hybridized carbons (Fsp3) is 0.516. The summed E-state index contributed by atoms with van der Waals surface area (Å²) in [7, 11) is 0. The van der Waals surface area contributed by atoms with Gasteiger partial charge in [-0.05, 0) is 63.8 Å². The first-order valence-corrected chi connectivity index (χ1v) is 14.0. The molecule has 214 valence electrons. The Morgan fingerprint density at radius 3 is 2.52 bits per heavy atom. The number of hydrogen-bond donors (Lipinski definition) is 1. The third kappa shape index (κ3) is 6.00. The number of morpholine rings is 1. The molecule has 0 aliphatic carbocycles. The van der Waals surface area contributed by atoms with E-state index < -0.39 is 23.5 Å². The van der Waals surface area contributed by atoms with Crippen molar-refractivity contribution >= 4 is 17.8 Å². The normalized spacial score (nSPS) is 21.8. The molecule has 5 rings (SSSR count). The van der Waals surface area contributed by atoms with Gasteiger partial charge in [-0.25, -0.2) is 0 Å². The summed E-state index contributed by atoms with van der Waals surface area (Å²) in [4.78, 5) is 41.7. The molecule has 2 unspecified atom stereocenters. The monoisotopic (exact) mass is 549 g/mol. The summed E-state index contributed by atoms with van der Waals surface area (Å²) < 4.78 is 17.3.